The van der Waals surface area contributed by atoms with Crippen LogP contribution >= 0.6 is 23.1 Å². The van der Waals surface area contributed by atoms with Crippen molar-refractivity contribution in [3.05, 3.63) is 42.5 Å². The van der Waals surface area contributed by atoms with Crippen LogP contribution in [-0.2, 0) is 4.79 Å². The van der Waals surface area contributed by atoms with Crippen molar-refractivity contribution in [2.24, 2.45) is 0 Å². The molecule has 9 heteroatoms. The summed E-state index contributed by atoms with van der Waals surface area (Å²) >= 11 is 2.68. The number of carbonyl (C=O) groups is 2. The Balaban J connectivity index is 1.86. The highest BCUT2D eigenvalue weighted by atomic mass is 32.2. The van der Waals surface area contributed by atoms with E-state index < -0.39 is 0 Å². The molecule has 0 spiro atoms. The fraction of sp³-hybridized carbons (Fsp3) is 0.200. The van der Waals surface area contributed by atoms with Crippen LogP contribution in [0.1, 0.15) is 10.4 Å². The Bertz CT molecular complexity index is 732. The summed E-state index contributed by atoms with van der Waals surface area (Å²) in [4.78, 5) is 23.6. The van der Waals surface area contributed by atoms with E-state index in [1.165, 1.54) is 23.1 Å². The van der Waals surface area contributed by atoms with Gasteiger partial charge in [-0.05, 0) is 18.2 Å². The fourth-order valence-corrected chi connectivity index (χ4v) is 3.26. The fourth-order valence-electron chi connectivity index (χ4n) is 1.71. The molecule has 0 aliphatic carbocycles. The standard InChI is InChI=1S/C15H17N5O2S2/c1-3-7-17-14-19-20-15(24-14)23-9-12(21)18-11-6-4-5-10(8-11)13(22)16-2/h3-6,8H,1,7,9H2,2H3,(H,16,22)(H,17,19)(H,18,21). The van der Waals surface area contributed by atoms with Crippen LogP contribution in [0, 0.1) is 0 Å². The van der Waals surface area contributed by atoms with Crippen LogP contribution in [0.3, 0.4) is 0 Å². The maximum absolute atomic E-state index is 12.0. The van der Waals surface area contributed by atoms with Crippen molar-refractivity contribution in [1.29, 1.82) is 0 Å². The molecule has 1 aromatic heterocycles. The average molecular weight is 363 g/mol. The summed E-state index contributed by atoms with van der Waals surface area (Å²) in [5.41, 5.74) is 1.07. The molecular formula is C15H17N5O2S2. The first kappa shape index (κ1) is 18.0. The van der Waals surface area contributed by atoms with E-state index in [0.717, 1.165) is 0 Å². The van der Waals surface area contributed by atoms with Gasteiger partial charge in [-0.3, -0.25) is 9.59 Å². The number of benzene rings is 1. The molecule has 126 valence electrons. The van der Waals surface area contributed by atoms with Gasteiger partial charge in [0.2, 0.25) is 11.0 Å². The van der Waals surface area contributed by atoms with E-state index in [4.69, 9.17) is 0 Å². The minimum Gasteiger partial charge on any atom is -0.357 e. The molecule has 1 aromatic carbocycles. The lowest BCUT2D eigenvalue weighted by molar-refractivity contribution is -0.113. The number of nitrogens with zero attached hydrogens (tertiary/aromatic N) is 2. The lowest BCUT2D eigenvalue weighted by atomic mass is 10.2. The summed E-state index contributed by atoms with van der Waals surface area (Å²) in [7, 11) is 1.56. The zero-order valence-electron chi connectivity index (χ0n) is 13.0. The molecule has 0 saturated carbocycles. The van der Waals surface area contributed by atoms with Crippen molar-refractivity contribution in [3.63, 3.8) is 0 Å². The first-order valence-corrected chi connectivity index (χ1v) is 8.85. The SMILES string of the molecule is C=CCNc1nnc(SCC(=O)Nc2cccc(C(=O)NC)c2)s1. The topological polar surface area (TPSA) is 96.0 Å². The van der Waals surface area contributed by atoms with Gasteiger partial charge in [-0.15, -0.1) is 16.8 Å². The van der Waals surface area contributed by atoms with Crippen LogP contribution in [0.4, 0.5) is 10.8 Å². The van der Waals surface area contributed by atoms with Crippen molar-refractivity contribution < 1.29 is 9.59 Å². The molecule has 2 rings (SSSR count). The second kappa shape index (κ2) is 9.04. The predicted molar refractivity (Wildman–Crippen MR) is 97.8 cm³/mol. The van der Waals surface area contributed by atoms with Gasteiger partial charge >= 0.3 is 0 Å². The summed E-state index contributed by atoms with van der Waals surface area (Å²) in [6, 6.07) is 6.76. The first-order valence-electron chi connectivity index (χ1n) is 7.05. The highest BCUT2D eigenvalue weighted by molar-refractivity contribution is 8.01. The van der Waals surface area contributed by atoms with Gasteiger partial charge in [-0.1, -0.05) is 35.2 Å². The van der Waals surface area contributed by atoms with Crippen molar-refractivity contribution in [3.8, 4) is 0 Å². The molecule has 1 heterocycles. The zero-order chi connectivity index (χ0) is 17.4. The second-order valence-corrected chi connectivity index (χ2v) is 6.74. The zero-order valence-corrected chi connectivity index (χ0v) is 14.7. The Morgan fingerprint density at radius 2 is 2.21 bits per heavy atom. The van der Waals surface area contributed by atoms with E-state index in [1.807, 2.05) is 0 Å². The van der Waals surface area contributed by atoms with E-state index >= 15 is 0 Å². The number of thioether (sulfide) groups is 1. The highest BCUT2D eigenvalue weighted by Gasteiger charge is 2.09. The Kier molecular flexibility index (Phi) is 6.76. The number of rotatable bonds is 8. The van der Waals surface area contributed by atoms with Crippen LogP contribution < -0.4 is 16.0 Å². The molecule has 0 fully saturated rings. The molecule has 0 saturated heterocycles. The van der Waals surface area contributed by atoms with Crippen LogP contribution in [0.5, 0.6) is 0 Å². The molecule has 0 radical (unpaired) electrons. The lowest BCUT2D eigenvalue weighted by Gasteiger charge is -2.06. The van der Waals surface area contributed by atoms with Gasteiger partial charge < -0.3 is 16.0 Å². The smallest absolute Gasteiger partial charge is 0.251 e. The van der Waals surface area contributed by atoms with E-state index in [9.17, 15) is 9.59 Å². The molecule has 2 aromatic rings. The first-order chi connectivity index (χ1) is 11.6. The van der Waals surface area contributed by atoms with Crippen LogP contribution in [0.2, 0.25) is 0 Å². The Morgan fingerprint density at radius 3 is 2.96 bits per heavy atom. The summed E-state index contributed by atoms with van der Waals surface area (Å²) in [6.45, 7) is 4.23. The molecule has 0 bridgehead atoms. The minimum atomic E-state index is -0.200. The monoisotopic (exact) mass is 363 g/mol. The van der Waals surface area contributed by atoms with Gasteiger partial charge in [0.15, 0.2) is 4.34 Å². The molecule has 7 nitrogen and oxygen atoms in total. The lowest BCUT2D eigenvalue weighted by Crippen LogP contribution is -2.18. The number of carbonyl (C=O) groups excluding carboxylic acids is 2. The Morgan fingerprint density at radius 1 is 1.38 bits per heavy atom. The third kappa shape index (κ3) is 5.36. The maximum atomic E-state index is 12.0. The molecule has 0 aliphatic heterocycles. The number of amides is 2. The maximum Gasteiger partial charge on any atom is 0.251 e. The number of nitrogens with one attached hydrogen (secondary N) is 3. The Labute approximate surface area is 147 Å². The average Bonchev–Trinajstić information content (AvgIpc) is 3.05. The number of hydrogen-bond acceptors (Lipinski definition) is 7. The number of anilines is 2. The van der Waals surface area contributed by atoms with Gasteiger partial charge in [0.25, 0.3) is 5.91 Å². The van der Waals surface area contributed by atoms with Crippen molar-refractivity contribution >= 4 is 45.7 Å². The number of aromatic nitrogens is 2. The minimum absolute atomic E-state index is 0.176. The van der Waals surface area contributed by atoms with Crippen molar-refractivity contribution in [1.82, 2.24) is 15.5 Å². The van der Waals surface area contributed by atoms with Crippen LogP contribution in [0.15, 0.2) is 41.3 Å². The predicted octanol–water partition coefficient (Wildman–Crippen LogP) is 2.23. The summed E-state index contributed by atoms with van der Waals surface area (Å²) in [5.74, 6) is -0.168. The normalized spacial score (nSPS) is 10.0. The van der Waals surface area contributed by atoms with Crippen molar-refractivity contribution in [2.45, 2.75) is 4.34 Å². The molecule has 0 atom stereocenters. The number of hydrogen-bond donors (Lipinski definition) is 3. The summed E-state index contributed by atoms with van der Waals surface area (Å²) < 4.78 is 0.704. The molecule has 24 heavy (non-hydrogen) atoms. The molecule has 0 unspecified atom stereocenters. The van der Waals surface area contributed by atoms with Gasteiger partial charge in [0.1, 0.15) is 0 Å². The largest absolute Gasteiger partial charge is 0.357 e. The van der Waals surface area contributed by atoms with E-state index in [2.05, 4.69) is 32.7 Å². The van der Waals surface area contributed by atoms with Crippen LogP contribution in [0.25, 0.3) is 0 Å². The van der Waals surface area contributed by atoms with E-state index in [0.29, 0.717) is 27.3 Å². The summed E-state index contributed by atoms with van der Waals surface area (Å²) in [6.07, 6.45) is 1.73. The van der Waals surface area contributed by atoms with Gasteiger partial charge in [0.05, 0.1) is 5.75 Å². The van der Waals surface area contributed by atoms with Crippen molar-refractivity contribution in [2.75, 3.05) is 30.0 Å². The van der Waals surface area contributed by atoms with Gasteiger partial charge in [0, 0.05) is 24.8 Å². The Hall–Kier alpha value is -2.39. The quantitative estimate of drug-likeness (QED) is 0.492. The molecule has 2 amide bonds. The molecular weight excluding hydrogens is 346 g/mol. The third-order valence-electron chi connectivity index (χ3n) is 2.77. The highest BCUT2D eigenvalue weighted by Crippen LogP contribution is 2.25. The van der Waals surface area contributed by atoms with Gasteiger partial charge in [-0.25, -0.2) is 0 Å². The third-order valence-corrected chi connectivity index (χ3v) is 4.78. The van der Waals surface area contributed by atoms with E-state index in [-0.39, 0.29) is 17.6 Å². The second-order valence-electron chi connectivity index (χ2n) is 4.54. The molecule has 3 N–H and O–H groups in total. The molecule has 0 aliphatic rings. The van der Waals surface area contributed by atoms with E-state index in [1.54, 1.807) is 37.4 Å². The summed E-state index contributed by atoms with van der Waals surface area (Å²) in [5, 5.41) is 17.0. The van der Waals surface area contributed by atoms with Gasteiger partial charge in [-0.2, -0.15) is 0 Å². The van der Waals surface area contributed by atoms with Crippen LogP contribution in [-0.4, -0.2) is 41.4 Å².